The minimum Gasteiger partial charge on any atom is -0.464 e. The molecule has 0 rings (SSSR count). The molecule has 15 heavy (non-hydrogen) atoms. The van der Waals surface area contributed by atoms with Crippen LogP contribution in [0.3, 0.4) is 0 Å². The van der Waals surface area contributed by atoms with Crippen molar-refractivity contribution in [2.24, 2.45) is 0 Å². The molecule has 0 aromatic rings. The third kappa shape index (κ3) is 6.52. The summed E-state index contributed by atoms with van der Waals surface area (Å²) in [5, 5.41) is 5.19. The van der Waals surface area contributed by atoms with Crippen molar-refractivity contribution in [1.82, 2.24) is 10.6 Å². The van der Waals surface area contributed by atoms with Crippen molar-refractivity contribution in [3.05, 3.63) is 0 Å². The lowest BCUT2D eigenvalue weighted by Crippen LogP contribution is -2.43. The molecule has 84 valence electrons. The highest BCUT2D eigenvalue weighted by Crippen LogP contribution is 1.87. The number of nitrogens with one attached hydrogen (secondary N) is 2. The smallest absolute Gasteiger partial charge is 0.328 e. The highest BCUT2D eigenvalue weighted by atomic mass is 16.5. The SMILES string of the molecule is C#CCNCC(=O)NC(C)C(=O)OCC. The third-order valence-electron chi connectivity index (χ3n) is 1.53. The predicted octanol–water partition coefficient (Wildman–Crippen LogP) is -0.723. The van der Waals surface area contributed by atoms with E-state index in [4.69, 9.17) is 11.2 Å². The normalized spacial score (nSPS) is 11.3. The predicted molar refractivity (Wildman–Crippen MR) is 55.9 cm³/mol. The number of amides is 1. The minimum atomic E-state index is -0.634. The molecule has 1 atom stereocenters. The lowest BCUT2D eigenvalue weighted by Gasteiger charge is -2.12. The van der Waals surface area contributed by atoms with E-state index < -0.39 is 12.0 Å². The summed E-state index contributed by atoms with van der Waals surface area (Å²) in [6.45, 7) is 3.99. The van der Waals surface area contributed by atoms with E-state index in [1.807, 2.05) is 0 Å². The fraction of sp³-hybridized carbons (Fsp3) is 0.600. The lowest BCUT2D eigenvalue weighted by atomic mass is 10.3. The Hall–Kier alpha value is -1.54. The quantitative estimate of drug-likeness (QED) is 0.346. The van der Waals surface area contributed by atoms with Crippen LogP contribution in [0.1, 0.15) is 13.8 Å². The van der Waals surface area contributed by atoms with E-state index >= 15 is 0 Å². The van der Waals surface area contributed by atoms with E-state index in [9.17, 15) is 9.59 Å². The topological polar surface area (TPSA) is 67.4 Å². The van der Waals surface area contributed by atoms with E-state index in [0.29, 0.717) is 13.2 Å². The number of hydrogen-bond acceptors (Lipinski definition) is 4. The van der Waals surface area contributed by atoms with Crippen molar-refractivity contribution >= 4 is 11.9 Å². The van der Waals surface area contributed by atoms with Gasteiger partial charge in [-0.1, -0.05) is 5.92 Å². The number of carbonyl (C=O) groups excluding carboxylic acids is 2. The average Bonchev–Trinajstić information content (AvgIpc) is 2.18. The molecule has 0 bridgehead atoms. The van der Waals surface area contributed by atoms with Gasteiger partial charge in [0.15, 0.2) is 0 Å². The summed E-state index contributed by atoms with van der Waals surface area (Å²) in [4.78, 5) is 22.3. The summed E-state index contributed by atoms with van der Waals surface area (Å²) in [5.74, 6) is 1.61. The van der Waals surface area contributed by atoms with Crippen LogP contribution >= 0.6 is 0 Å². The Morgan fingerprint density at radius 1 is 1.53 bits per heavy atom. The molecule has 5 nitrogen and oxygen atoms in total. The first-order chi connectivity index (χ1) is 7.11. The first-order valence-electron chi connectivity index (χ1n) is 4.72. The van der Waals surface area contributed by atoms with Crippen LogP contribution in [0.25, 0.3) is 0 Å². The molecule has 0 heterocycles. The maximum absolute atomic E-state index is 11.2. The van der Waals surface area contributed by atoms with Crippen LogP contribution in [0, 0.1) is 12.3 Å². The maximum atomic E-state index is 11.2. The molecule has 0 aromatic heterocycles. The molecule has 0 radical (unpaired) electrons. The molecule has 0 aliphatic carbocycles. The zero-order chi connectivity index (χ0) is 11.7. The molecule has 0 saturated carbocycles. The first kappa shape index (κ1) is 13.5. The van der Waals surface area contributed by atoms with Gasteiger partial charge in [-0.25, -0.2) is 4.79 Å². The molecule has 0 aromatic carbocycles. The Labute approximate surface area is 89.6 Å². The lowest BCUT2D eigenvalue weighted by molar-refractivity contribution is -0.146. The zero-order valence-corrected chi connectivity index (χ0v) is 9.00. The standard InChI is InChI=1S/C10H16N2O3/c1-4-6-11-7-9(13)12-8(3)10(14)15-5-2/h1,8,11H,5-7H2,2-3H3,(H,12,13). The van der Waals surface area contributed by atoms with Gasteiger partial charge in [0.1, 0.15) is 6.04 Å². The average molecular weight is 212 g/mol. The number of ether oxygens (including phenoxy) is 1. The number of rotatable bonds is 6. The molecule has 0 spiro atoms. The van der Waals surface area contributed by atoms with Crippen LogP contribution in [0.5, 0.6) is 0 Å². The third-order valence-corrected chi connectivity index (χ3v) is 1.53. The van der Waals surface area contributed by atoms with Gasteiger partial charge in [-0.15, -0.1) is 6.42 Å². The van der Waals surface area contributed by atoms with Gasteiger partial charge in [0.2, 0.25) is 5.91 Å². The van der Waals surface area contributed by atoms with Crippen molar-refractivity contribution < 1.29 is 14.3 Å². The van der Waals surface area contributed by atoms with Gasteiger partial charge in [-0.3, -0.25) is 10.1 Å². The van der Waals surface area contributed by atoms with Gasteiger partial charge in [0, 0.05) is 0 Å². The minimum absolute atomic E-state index is 0.0912. The monoisotopic (exact) mass is 212 g/mol. The number of esters is 1. The molecule has 2 N–H and O–H groups in total. The fourth-order valence-electron chi connectivity index (χ4n) is 0.867. The van der Waals surface area contributed by atoms with E-state index in [2.05, 4.69) is 16.6 Å². The van der Waals surface area contributed by atoms with E-state index in [1.165, 1.54) is 0 Å². The van der Waals surface area contributed by atoms with Gasteiger partial charge in [0.05, 0.1) is 19.7 Å². The maximum Gasteiger partial charge on any atom is 0.328 e. The largest absolute Gasteiger partial charge is 0.464 e. The summed E-state index contributed by atoms with van der Waals surface area (Å²) >= 11 is 0. The molecular weight excluding hydrogens is 196 g/mol. The van der Waals surface area contributed by atoms with E-state index in [-0.39, 0.29) is 12.5 Å². The molecule has 5 heteroatoms. The van der Waals surface area contributed by atoms with Crippen LogP contribution in [-0.4, -0.2) is 37.6 Å². The molecule has 0 fully saturated rings. The fourth-order valence-corrected chi connectivity index (χ4v) is 0.867. The first-order valence-corrected chi connectivity index (χ1v) is 4.72. The Morgan fingerprint density at radius 3 is 2.73 bits per heavy atom. The van der Waals surface area contributed by atoms with Gasteiger partial charge in [0.25, 0.3) is 0 Å². The Kier molecular flexibility index (Phi) is 7.02. The molecule has 0 saturated heterocycles. The van der Waals surface area contributed by atoms with Crippen LogP contribution in [0.2, 0.25) is 0 Å². The Balaban J connectivity index is 3.76. The number of carbonyl (C=O) groups is 2. The molecular formula is C10H16N2O3. The Bertz CT molecular complexity index is 258. The van der Waals surface area contributed by atoms with Gasteiger partial charge in [-0.2, -0.15) is 0 Å². The summed E-state index contributed by atoms with van der Waals surface area (Å²) < 4.78 is 4.72. The second kappa shape index (κ2) is 7.83. The van der Waals surface area contributed by atoms with Crippen molar-refractivity contribution in [1.29, 1.82) is 0 Å². The van der Waals surface area contributed by atoms with Crippen LogP contribution in [-0.2, 0) is 14.3 Å². The highest BCUT2D eigenvalue weighted by Gasteiger charge is 2.15. The van der Waals surface area contributed by atoms with Gasteiger partial charge in [-0.05, 0) is 13.8 Å². The van der Waals surface area contributed by atoms with Crippen molar-refractivity contribution in [2.45, 2.75) is 19.9 Å². The summed E-state index contributed by atoms with van der Waals surface area (Å²) in [7, 11) is 0. The Morgan fingerprint density at radius 2 is 2.20 bits per heavy atom. The van der Waals surface area contributed by atoms with Gasteiger partial charge < -0.3 is 10.1 Å². The van der Waals surface area contributed by atoms with Crippen LogP contribution in [0.4, 0.5) is 0 Å². The summed E-state index contributed by atoms with van der Waals surface area (Å²) in [5.41, 5.74) is 0. The number of hydrogen-bond donors (Lipinski definition) is 2. The summed E-state index contributed by atoms with van der Waals surface area (Å²) in [6.07, 6.45) is 4.99. The van der Waals surface area contributed by atoms with E-state index in [0.717, 1.165) is 0 Å². The second-order valence-corrected chi connectivity index (χ2v) is 2.85. The van der Waals surface area contributed by atoms with Crippen LogP contribution in [0.15, 0.2) is 0 Å². The van der Waals surface area contributed by atoms with Gasteiger partial charge >= 0.3 is 5.97 Å². The van der Waals surface area contributed by atoms with Crippen molar-refractivity contribution in [3.8, 4) is 12.3 Å². The van der Waals surface area contributed by atoms with Crippen LogP contribution < -0.4 is 10.6 Å². The second-order valence-electron chi connectivity index (χ2n) is 2.85. The van der Waals surface area contributed by atoms with Crippen molar-refractivity contribution in [3.63, 3.8) is 0 Å². The summed E-state index contributed by atoms with van der Waals surface area (Å²) in [6, 6.07) is -0.634. The zero-order valence-electron chi connectivity index (χ0n) is 9.00. The highest BCUT2D eigenvalue weighted by molar-refractivity contribution is 5.85. The molecule has 1 unspecified atom stereocenters. The number of terminal acetylenes is 1. The van der Waals surface area contributed by atoms with Crippen molar-refractivity contribution in [2.75, 3.05) is 19.7 Å². The molecule has 0 aliphatic rings. The molecule has 1 amide bonds. The molecule has 0 aliphatic heterocycles. The van der Waals surface area contributed by atoms with E-state index in [1.54, 1.807) is 13.8 Å².